The van der Waals surface area contributed by atoms with E-state index in [1.54, 1.807) is 5.43 Å². The van der Waals surface area contributed by atoms with Crippen molar-refractivity contribution in [3.63, 3.8) is 0 Å². The lowest BCUT2D eigenvalue weighted by Gasteiger charge is -1.88. The smallest absolute Gasteiger partial charge is 0.258 e. The molecule has 0 aromatic rings. The summed E-state index contributed by atoms with van der Waals surface area (Å²) in [5.74, 6) is 1.14. The minimum atomic E-state index is -0.686. The van der Waals surface area contributed by atoms with E-state index in [2.05, 4.69) is 6.58 Å². The number of nitrogens with two attached hydrogens (primary N) is 1. The summed E-state index contributed by atoms with van der Waals surface area (Å²) in [5.41, 5.74) is 1.78. The first-order chi connectivity index (χ1) is 12.3. The summed E-state index contributed by atoms with van der Waals surface area (Å²) in [6, 6.07) is 0. The normalized spacial score (nSPS) is 11.6. The largest absolute Gasteiger partial charge is 0.291 e. The molecule has 0 bridgehead atoms. The third-order valence-corrected chi connectivity index (χ3v) is 2.39. The van der Waals surface area contributed by atoms with Crippen molar-refractivity contribution in [3.05, 3.63) is 73.4 Å². The van der Waals surface area contributed by atoms with Crippen LogP contribution in [-0.4, -0.2) is 34.8 Å². The molecule has 0 aromatic heterocycles. The van der Waals surface area contributed by atoms with Crippen molar-refractivity contribution in [2.45, 2.75) is 0 Å². The Morgan fingerprint density at radius 1 is 0.538 bits per heavy atom. The van der Waals surface area contributed by atoms with Crippen LogP contribution >= 0.6 is 0 Å². The first-order valence-corrected chi connectivity index (χ1v) is 7.01. The molecular formula is C18H16N2O6. The summed E-state index contributed by atoms with van der Waals surface area (Å²) in [6.45, 7) is 3.22. The molecule has 0 radical (unpaired) electrons. The Hall–Kier alpha value is -3.78. The highest BCUT2D eigenvalue weighted by molar-refractivity contribution is 6.13. The molecule has 3 N–H and O–H groups in total. The third-order valence-electron chi connectivity index (χ3n) is 2.39. The summed E-state index contributed by atoms with van der Waals surface area (Å²) in [6.07, 6.45) is 10.2. The Morgan fingerprint density at radius 2 is 0.808 bits per heavy atom. The van der Waals surface area contributed by atoms with E-state index in [4.69, 9.17) is 5.84 Å². The molecule has 0 unspecified atom stereocenters. The standard InChI is InChI=1S/C18H16N2O6/c1-2-13(21)3-4-14(22)5-6-15(23)7-8-16(24)9-10-17(25)11-12-18(26)20-19/h2-12H,1,19H2,(H,20,26). The van der Waals surface area contributed by atoms with Crippen molar-refractivity contribution < 1.29 is 28.8 Å². The first kappa shape index (κ1) is 22.2. The van der Waals surface area contributed by atoms with Gasteiger partial charge in [0.15, 0.2) is 28.9 Å². The quantitative estimate of drug-likeness (QED) is 0.226. The predicted octanol–water partition coefficient (Wildman–Crippen LogP) is -0.211. The van der Waals surface area contributed by atoms with Gasteiger partial charge >= 0.3 is 0 Å². The van der Waals surface area contributed by atoms with Crippen molar-refractivity contribution >= 4 is 34.8 Å². The van der Waals surface area contributed by atoms with Crippen molar-refractivity contribution in [2.75, 3.05) is 0 Å². The lowest BCUT2D eigenvalue weighted by atomic mass is 10.2. The molecule has 0 spiro atoms. The highest BCUT2D eigenvalue weighted by atomic mass is 16.2. The van der Waals surface area contributed by atoms with Crippen molar-refractivity contribution in [1.29, 1.82) is 0 Å². The SMILES string of the molecule is C=CC(=O)C=CC(=O)C=CC(=O)C=CC(=O)C=CC(=O)C=CC(=O)NN. The number of rotatable bonds is 11. The van der Waals surface area contributed by atoms with Gasteiger partial charge in [0.05, 0.1) is 0 Å². The third kappa shape index (κ3) is 11.7. The van der Waals surface area contributed by atoms with E-state index < -0.39 is 34.8 Å². The van der Waals surface area contributed by atoms with Gasteiger partial charge in [-0.15, -0.1) is 0 Å². The maximum Gasteiger partial charge on any atom is 0.258 e. The molecule has 0 fully saturated rings. The van der Waals surface area contributed by atoms with Crippen LogP contribution in [0.1, 0.15) is 0 Å². The second-order valence-electron chi connectivity index (χ2n) is 4.39. The summed E-state index contributed by atoms with van der Waals surface area (Å²) in [5, 5.41) is 0. The monoisotopic (exact) mass is 356 g/mol. The van der Waals surface area contributed by atoms with Gasteiger partial charge in [0.25, 0.3) is 5.91 Å². The number of hydrogen-bond donors (Lipinski definition) is 2. The van der Waals surface area contributed by atoms with Crippen LogP contribution in [-0.2, 0) is 28.8 Å². The average Bonchev–Trinajstić information content (AvgIpc) is 2.64. The van der Waals surface area contributed by atoms with Crippen LogP contribution < -0.4 is 11.3 Å². The van der Waals surface area contributed by atoms with E-state index in [1.807, 2.05) is 0 Å². The van der Waals surface area contributed by atoms with E-state index in [1.165, 1.54) is 0 Å². The Morgan fingerprint density at radius 3 is 1.08 bits per heavy atom. The van der Waals surface area contributed by atoms with Crippen LogP contribution in [0.4, 0.5) is 0 Å². The minimum absolute atomic E-state index is 0.455. The van der Waals surface area contributed by atoms with Crippen molar-refractivity contribution in [2.24, 2.45) is 5.84 Å². The fourth-order valence-electron chi connectivity index (χ4n) is 1.15. The van der Waals surface area contributed by atoms with Crippen molar-refractivity contribution in [1.82, 2.24) is 5.43 Å². The molecule has 8 nitrogen and oxygen atoms in total. The number of carbonyl (C=O) groups excluding carboxylic acids is 6. The molecule has 0 atom stereocenters. The van der Waals surface area contributed by atoms with Gasteiger partial charge in [-0.1, -0.05) is 6.58 Å². The van der Waals surface area contributed by atoms with Gasteiger partial charge < -0.3 is 0 Å². The lowest BCUT2D eigenvalue weighted by Crippen LogP contribution is -2.28. The van der Waals surface area contributed by atoms with E-state index in [9.17, 15) is 28.8 Å². The molecule has 134 valence electrons. The number of amides is 1. The maximum atomic E-state index is 11.5. The zero-order valence-electron chi connectivity index (χ0n) is 13.6. The predicted molar refractivity (Wildman–Crippen MR) is 93.3 cm³/mol. The zero-order chi connectivity index (χ0) is 19.9. The highest BCUT2D eigenvalue weighted by Crippen LogP contribution is 1.89. The molecule has 0 aliphatic heterocycles. The Kier molecular flexibility index (Phi) is 10.8. The van der Waals surface area contributed by atoms with Crippen LogP contribution in [0.15, 0.2) is 73.4 Å². The molecule has 0 rings (SSSR count). The number of nitrogens with one attached hydrogen (secondary N) is 1. The molecule has 0 saturated carbocycles. The maximum absolute atomic E-state index is 11.5. The fraction of sp³-hybridized carbons (Fsp3) is 0. The summed E-state index contributed by atoms with van der Waals surface area (Å²) >= 11 is 0. The van der Waals surface area contributed by atoms with Crippen LogP contribution in [0.2, 0.25) is 0 Å². The molecule has 0 saturated heterocycles. The van der Waals surface area contributed by atoms with Crippen LogP contribution in [0.5, 0.6) is 0 Å². The molecule has 0 aromatic carbocycles. The van der Waals surface area contributed by atoms with Gasteiger partial charge in [-0.25, -0.2) is 5.84 Å². The van der Waals surface area contributed by atoms with Gasteiger partial charge in [0.2, 0.25) is 0 Å². The first-order valence-electron chi connectivity index (χ1n) is 7.01. The van der Waals surface area contributed by atoms with Crippen LogP contribution in [0.25, 0.3) is 0 Å². The van der Waals surface area contributed by atoms with Crippen molar-refractivity contribution in [3.8, 4) is 0 Å². The van der Waals surface area contributed by atoms with E-state index in [-0.39, 0.29) is 0 Å². The van der Waals surface area contributed by atoms with Gasteiger partial charge in [-0.2, -0.15) is 0 Å². The molecule has 26 heavy (non-hydrogen) atoms. The zero-order valence-corrected chi connectivity index (χ0v) is 13.6. The number of hydrogen-bond acceptors (Lipinski definition) is 7. The average molecular weight is 356 g/mol. The Labute approximate surface area is 149 Å². The van der Waals surface area contributed by atoms with Gasteiger partial charge in [-0.3, -0.25) is 34.2 Å². The summed E-state index contributed by atoms with van der Waals surface area (Å²) in [7, 11) is 0. The summed E-state index contributed by atoms with van der Waals surface area (Å²) < 4.78 is 0. The molecule has 8 heteroatoms. The van der Waals surface area contributed by atoms with Gasteiger partial charge in [0, 0.05) is 6.08 Å². The highest BCUT2D eigenvalue weighted by Gasteiger charge is 1.97. The summed E-state index contributed by atoms with van der Waals surface area (Å²) in [4.78, 5) is 67.1. The molecule has 0 aliphatic rings. The molecule has 0 heterocycles. The minimum Gasteiger partial charge on any atom is -0.291 e. The van der Waals surface area contributed by atoms with Crippen LogP contribution in [0, 0.1) is 0 Å². The topological polar surface area (TPSA) is 140 Å². The molecule has 1 amide bonds. The van der Waals surface area contributed by atoms with Gasteiger partial charge in [-0.05, 0) is 60.8 Å². The Bertz CT molecular complexity index is 767. The van der Waals surface area contributed by atoms with E-state index >= 15 is 0 Å². The lowest BCUT2D eigenvalue weighted by molar-refractivity contribution is -0.117. The van der Waals surface area contributed by atoms with E-state index in [0.717, 1.165) is 66.8 Å². The molecule has 0 aliphatic carbocycles. The molecular weight excluding hydrogens is 340 g/mol. The van der Waals surface area contributed by atoms with Gasteiger partial charge in [0.1, 0.15) is 0 Å². The number of ketones is 5. The van der Waals surface area contributed by atoms with Crippen LogP contribution in [0.3, 0.4) is 0 Å². The number of allylic oxidation sites excluding steroid dienone is 10. The Balaban J connectivity index is 4.55. The number of hydrazine groups is 1. The van der Waals surface area contributed by atoms with E-state index in [0.29, 0.717) is 0 Å². The number of carbonyl (C=O) groups is 6. The second kappa shape index (κ2) is 12.6. The fourth-order valence-corrected chi connectivity index (χ4v) is 1.15. The second-order valence-corrected chi connectivity index (χ2v) is 4.39.